The van der Waals surface area contributed by atoms with Crippen LogP contribution in [0.4, 0.5) is 13.2 Å². The second kappa shape index (κ2) is 7.39. The molecule has 1 aromatic heterocycles. The van der Waals surface area contributed by atoms with Crippen LogP contribution in [0.25, 0.3) is 0 Å². The van der Waals surface area contributed by atoms with Crippen LogP contribution in [0.15, 0.2) is 21.4 Å². The minimum atomic E-state index is -2.37. The van der Waals surface area contributed by atoms with Crippen LogP contribution in [0.1, 0.15) is 17.0 Å². The third kappa shape index (κ3) is 4.75. The molecular formula is C10H11F3N2O2S2. The van der Waals surface area contributed by atoms with Gasteiger partial charge in [0.1, 0.15) is 7.11 Å². The molecule has 0 bridgehead atoms. The lowest BCUT2D eigenvalue weighted by Crippen LogP contribution is -1.98. The molecule has 0 aromatic carbocycles. The molecule has 0 aliphatic rings. The number of halogens is 3. The summed E-state index contributed by atoms with van der Waals surface area (Å²) in [5, 5.41) is 3.55. The Morgan fingerprint density at radius 2 is 2.21 bits per heavy atom. The first-order chi connectivity index (χ1) is 8.95. The molecule has 0 aliphatic heterocycles. The Morgan fingerprint density at radius 1 is 1.53 bits per heavy atom. The molecule has 1 aromatic rings. The number of hydrogen-bond donors (Lipinski definition) is 0. The molecule has 0 saturated carbocycles. The second-order valence-corrected chi connectivity index (χ2v) is 6.09. The van der Waals surface area contributed by atoms with Gasteiger partial charge in [-0.3, -0.25) is 4.21 Å². The number of hydrogen-bond acceptors (Lipinski definition) is 5. The Kier molecular flexibility index (Phi) is 6.16. The van der Waals surface area contributed by atoms with E-state index in [-0.39, 0.29) is 10.1 Å². The molecule has 1 atom stereocenters. The summed E-state index contributed by atoms with van der Waals surface area (Å²) in [7, 11) is -0.237. The number of allylic oxidation sites excluding steroid dienone is 1. The summed E-state index contributed by atoms with van der Waals surface area (Å²) in [5.74, 6) is -1.78. The molecular weight excluding hydrogens is 301 g/mol. The lowest BCUT2D eigenvalue weighted by atomic mass is 10.4. The third-order valence-corrected chi connectivity index (χ3v) is 4.75. The normalized spacial score (nSPS) is 12.7. The fourth-order valence-corrected chi connectivity index (χ4v) is 3.39. The number of oxime groups is 1. The highest BCUT2D eigenvalue weighted by Crippen LogP contribution is 2.21. The summed E-state index contributed by atoms with van der Waals surface area (Å²) >= 11 is 1.10. The monoisotopic (exact) mass is 312 g/mol. The molecule has 0 radical (unpaired) electrons. The Labute approximate surface area is 114 Å². The first kappa shape index (κ1) is 15.8. The number of thiazole rings is 1. The van der Waals surface area contributed by atoms with E-state index in [9.17, 15) is 17.4 Å². The lowest BCUT2D eigenvalue weighted by molar-refractivity contribution is 0.215. The van der Waals surface area contributed by atoms with E-state index < -0.39 is 29.1 Å². The first-order valence-electron chi connectivity index (χ1n) is 5.07. The zero-order chi connectivity index (χ0) is 14.4. The van der Waals surface area contributed by atoms with Crippen molar-refractivity contribution in [3.05, 3.63) is 22.5 Å². The van der Waals surface area contributed by atoms with Crippen molar-refractivity contribution in [3.8, 4) is 0 Å². The van der Waals surface area contributed by atoms with E-state index in [4.69, 9.17) is 0 Å². The first-order valence-corrected chi connectivity index (χ1v) is 7.21. The number of nitrogens with zero attached hydrogens (tertiary/aromatic N) is 2. The molecule has 0 spiro atoms. The maximum absolute atomic E-state index is 12.6. The van der Waals surface area contributed by atoms with Crippen molar-refractivity contribution < 1.29 is 22.2 Å². The topological polar surface area (TPSA) is 51.5 Å². The van der Waals surface area contributed by atoms with E-state index in [0.29, 0.717) is 10.6 Å². The predicted molar refractivity (Wildman–Crippen MR) is 67.7 cm³/mol. The van der Waals surface area contributed by atoms with Gasteiger partial charge in [-0.1, -0.05) is 5.16 Å². The van der Waals surface area contributed by atoms with E-state index in [1.807, 2.05) is 0 Å². The maximum Gasteiger partial charge on any atom is 0.301 e. The van der Waals surface area contributed by atoms with E-state index in [0.717, 1.165) is 11.3 Å². The van der Waals surface area contributed by atoms with Gasteiger partial charge in [0.2, 0.25) is 0 Å². The van der Waals surface area contributed by atoms with Crippen LogP contribution in [0, 0.1) is 6.92 Å². The third-order valence-electron chi connectivity index (χ3n) is 1.99. The van der Waals surface area contributed by atoms with Gasteiger partial charge in [-0.05, 0) is 6.92 Å². The lowest BCUT2D eigenvalue weighted by Gasteiger charge is -1.96. The summed E-state index contributed by atoms with van der Waals surface area (Å²) in [6.45, 7) is 1.69. The van der Waals surface area contributed by atoms with Crippen molar-refractivity contribution >= 4 is 28.4 Å². The number of aryl methyl sites for hydroxylation is 1. The highest BCUT2D eigenvalue weighted by molar-refractivity contribution is 7.87. The Hall–Kier alpha value is -1.22. The smallest absolute Gasteiger partial charge is 0.301 e. The highest BCUT2D eigenvalue weighted by atomic mass is 32.2. The average Bonchev–Trinajstić information content (AvgIpc) is 2.74. The van der Waals surface area contributed by atoms with E-state index in [2.05, 4.69) is 15.0 Å². The highest BCUT2D eigenvalue weighted by Gasteiger charge is 2.14. The van der Waals surface area contributed by atoms with Crippen LogP contribution < -0.4 is 0 Å². The average molecular weight is 312 g/mol. The minimum Gasteiger partial charge on any atom is -0.399 e. The zero-order valence-electron chi connectivity index (χ0n) is 10.2. The number of rotatable bonds is 6. The summed E-state index contributed by atoms with van der Waals surface area (Å²) < 4.78 is 48.3. The summed E-state index contributed by atoms with van der Waals surface area (Å²) in [5.41, 5.74) is 0.599. The Balaban J connectivity index is 2.73. The molecule has 0 N–H and O–H groups in total. The van der Waals surface area contributed by atoms with Gasteiger partial charge in [0.05, 0.1) is 27.6 Å². The molecule has 0 saturated heterocycles. The standard InChI is InChI=1S/C10H11F3N2O2S2/c1-6-8(5-14-17-2)18-10(15-6)19(16)4-3-7(11)9(12)13/h5H,3-4H2,1-2H3/b14-5+. The van der Waals surface area contributed by atoms with Crippen LogP contribution in [0.3, 0.4) is 0 Å². The SMILES string of the molecule is CO/N=C/c1sc(S(=O)CCC(F)=C(F)F)nc1C. The quantitative estimate of drug-likeness (QED) is 0.599. The molecule has 1 rings (SSSR count). The molecule has 1 unspecified atom stereocenters. The van der Waals surface area contributed by atoms with Gasteiger partial charge in [-0.25, -0.2) is 9.37 Å². The summed E-state index contributed by atoms with van der Waals surface area (Å²) in [6.07, 6.45) is -1.54. The fraction of sp³-hybridized carbons (Fsp3) is 0.400. The molecule has 0 aliphatic carbocycles. The van der Waals surface area contributed by atoms with Gasteiger partial charge >= 0.3 is 6.08 Å². The fourth-order valence-electron chi connectivity index (χ4n) is 1.06. The molecule has 106 valence electrons. The van der Waals surface area contributed by atoms with E-state index >= 15 is 0 Å². The van der Waals surface area contributed by atoms with Crippen molar-refractivity contribution in [2.75, 3.05) is 12.9 Å². The predicted octanol–water partition coefficient (Wildman–Crippen LogP) is 3.01. The Bertz CT molecular complexity index is 525. The van der Waals surface area contributed by atoms with Crippen molar-refractivity contribution in [3.63, 3.8) is 0 Å². The van der Waals surface area contributed by atoms with Crippen LogP contribution >= 0.6 is 11.3 Å². The molecule has 0 amide bonds. The number of aromatic nitrogens is 1. The molecule has 9 heteroatoms. The van der Waals surface area contributed by atoms with Crippen molar-refractivity contribution in [1.29, 1.82) is 0 Å². The van der Waals surface area contributed by atoms with Crippen molar-refractivity contribution in [2.24, 2.45) is 5.16 Å². The van der Waals surface area contributed by atoms with Gasteiger partial charge < -0.3 is 4.84 Å². The molecule has 0 fully saturated rings. The molecule has 1 heterocycles. The molecule has 4 nitrogen and oxygen atoms in total. The van der Waals surface area contributed by atoms with Crippen LogP contribution in [-0.2, 0) is 15.6 Å². The van der Waals surface area contributed by atoms with Gasteiger partial charge in [0.15, 0.2) is 10.2 Å². The van der Waals surface area contributed by atoms with Crippen LogP contribution in [0.5, 0.6) is 0 Å². The summed E-state index contributed by atoms with van der Waals surface area (Å²) in [6, 6.07) is 0. The minimum absolute atomic E-state index is 0.239. The van der Waals surface area contributed by atoms with Gasteiger partial charge in [0, 0.05) is 12.2 Å². The Morgan fingerprint density at radius 3 is 2.79 bits per heavy atom. The van der Waals surface area contributed by atoms with Crippen molar-refractivity contribution in [2.45, 2.75) is 17.7 Å². The van der Waals surface area contributed by atoms with Gasteiger partial charge in [-0.15, -0.1) is 11.3 Å². The van der Waals surface area contributed by atoms with Crippen molar-refractivity contribution in [1.82, 2.24) is 4.98 Å². The van der Waals surface area contributed by atoms with E-state index in [1.54, 1.807) is 6.92 Å². The van der Waals surface area contributed by atoms with Crippen LogP contribution in [0.2, 0.25) is 0 Å². The maximum atomic E-state index is 12.6. The summed E-state index contributed by atoms with van der Waals surface area (Å²) in [4.78, 5) is 9.19. The zero-order valence-corrected chi connectivity index (χ0v) is 11.8. The molecule has 19 heavy (non-hydrogen) atoms. The largest absolute Gasteiger partial charge is 0.399 e. The van der Waals surface area contributed by atoms with Gasteiger partial charge in [0.25, 0.3) is 0 Å². The van der Waals surface area contributed by atoms with Gasteiger partial charge in [-0.2, -0.15) is 8.78 Å². The van der Waals surface area contributed by atoms with E-state index in [1.165, 1.54) is 13.3 Å². The second-order valence-electron chi connectivity index (χ2n) is 3.31. The van der Waals surface area contributed by atoms with Crippen LogP contribution in [-0.4, -0.2) is 28.3 Å².